The average molecular weight is 535 g/mol. The number of hydrogen-bond acceptors (Lipinski definition) is 5. The van der Waals surface area contributed by atoms with E-state index in [4.69, 9.17) is 0 Å². The van der Waals surface area contributed by atoms with Gasteiger partial charge in [-0.1, -0.05) is 17.7 Å². The molecule has 9 nitrogen and oxygen atoms in total. The fourth-order valence-corrected chi connectivity index (χ4v) is 5.54. The molecule has 3 N–H and O–H groups in total. The second kappa shape index (κ2) is 12.0. The number of rotatable bonds is 9. The molecule has 3 amide bonds. The third-order valence-corrected chi connectivity index (χ3v) is 8.15. The SMILES string of the molecule is Cc1ccc(C(=O)Nc2ccc(C(=O)NCCNC(=O)c3ccc(S(=O)(=O)N4CCCC4)cc3)cc2)cc1. The van der Waals surface area contributed by atoms with E-state index in [1.165, 1.54) is 28.6 Å². The van der Waals surface area contributed by atoms with Gasteiger partial charge in [-0.25, -0.2) is 8.42 Å². The van der Waals surface area contributed by atoms with Crippen LogP contribution >= 0.6 is 0 Å². The molecule has 198 valence electrons. The molecule has 10 heteroatoms. The summed E-state index contributed by atoms with van der Waals surface area (Å²) < 4.78 is 26.7. The smallest absolute Gasteiger partial charge is 0.255 e. The number of aryl methyl sites for hydroxylation is 1. The lowest BCUT2D eigenvalue weighted by atomic mass is 10.1. The van der Waals surface area contributed by atoms with Gasteiger partial charge in [-0.2, -0.15) is 4.31 Å². The van der Waals surface area contributed by atoms with E-state index in [1.807, 2.05) is 19.1 Å². The molecule has 38 heavy (non-hydrogen) atoms. The Balaban J connectivity index is 1.21. The van der Waals surface area contributed by atoms with E-state index in [9.17, 15) is 22.8 Å². The van der Waals surface area contributed by atoms with Crippen molar-refractivity contribution >= 4 is 33.4 Å². The van der Waals surface area contributed by atoms with Crippen molar-refractivity contribution in [3.05, 3.63) is 95.1 Å². The van der Waals surface area contributed by atoms with Crippen molar-refractivity contribution in [2.24, 2.45) is 0 Å². The lowest BCUT2D eigenvalue weighted by molar-refractivity contribution is 0.0927. The van der Waals surface area contributed by atoms with Gasteiger partial charge in [-0.05, 0) is 80.4 Å². The molecule has 0 saturated carbocycles. The number of carbonyl (C=O) groups excluding carboxylic acids is 3. The van der Waals surface area contributed by atoms with Crippen molar-refractivity contribution in [2.45, 2.75) is 24.7 Å². The lowest BCUT2D eigenvalue weighted by Gasteiger charge is -2.15. The summed E-state index contributed by atoms with van der Waals surface area (Å²) in [6.07, 6.45) is 1.71. The molecule has 1 heterocycles. The van der Waals surface area contributed by atoms with Crippen LogP contribution in [0.25, 0.3) is 0 Å². The number of benzene rings is 3. The predicted molar refractivity (Wildman–Crippen MR) is 145 cm³/mol. The first-order chi connectivity index (χ1) is 18.2. The van der Waals surface area contributed by atoms with Crippen LogP contribution in [0.4, 0.5) is 5.69 Å². The first-order valence-corrected chi connectivity index (χ1v) is 13.8. The Labute approximate surface area is 222 Å². The van der Waals surface area contributed by atoms with Crippen LogP contribution in [0.3, 0.4) is 0 Å². The largest absolute Gasteiger partial charge is 0.350 e. The van der Waals surface area contributed by atoms with Gasteiger partial charge in [0.1, 0.15) is 0 Å². The highest BCUT2D eigenvalue weighted by Crippen LogP contribution is 2.21. The van der Waals surface area contributed by atoms with E-state index in [2.05, 4.69) is 16.0 Å². The van der Waals surface area contributed by atoms with Crippen molar-refractivity contribution < 1.29 is 22.8 Å². The minimum atomic E-state index is -3.53. The molecule has 0 aromatic heterocycles. The molecule has 1 saturated heterocycles. The molecule has 0 radical (unpaired) electrons. The second-order valence-corrected chi connectivity index (χ2v) is 11.0. The molecule has 0 spiro atoms. The van der Waals surface area contributed by atoms with Gasteiger partial charge in [0.05, 0.1) is 4.90 Å². The van der Waals surface area contributed by atoms with E-state index < -0.39 is 10.0 Å². The van der Waals surface area contributed by atoms with Gasteiger partial charge < -0.3 is 16.0 Å². The molecule has 1 aliphatic rings. The highest BCUT2D eigenvalue weighted by atomic mass is 32.2. The van der Waals surface area contributed by atoms with Crippen LogP contribution in [-0.2, 0) is 10.0 Å². The molecular weight excluding hydrogens is 504 g/mol. The van der Waals surface area contributed by atoms with Gasteiger partial charge in [0.15, 0.2) is 0 Å². The minimum absolute atomic E-state index is 0.170. The van der Waals surface area contributed by atoms with Crippen LogP contribution in [0.15, 0.2) is 77.7 Å². The Morgan fingerprint density at radius 3 is 1.66 bits per heavy atom. The molecule has 3 aromatic rings. The van der Waals surface area contributed by atoms with Gasteiger partial charge in [-0.15, -0.1) is 0 Å². The number of sulfonamides is 1. The van der Waals surface area contributed by atoms with Crippen molar-refractivity contribution in [3.8, 4) is 0 Å². The van der Waals surface area contributed by atoms with Crippen LogP contribution < -0.4 is 16.0 Å². The Morgan fingerprint density at radius 2 is 1.13 bits per heavy atom. The first kappa shape index (κ1) is 27.0. The number of nitrogens with zero attached hydrogens (tertiary/aromatic N) is 1. The van der Waals surface area contributed by atoms with Crippen LogP contribution in [0.1, 0.15) is 49.5 Å². The molecule has 0 atom stereocenters. The standard InChI is InChI=1S/C28H30N4O5S/c1-20-4-6-23(7-5-20)28(35)31-24-12-8-21(9-13-24)26(33)29-16-17-30-27(34)22-10-14-25(15-11-22)38(36,37)32-18-2-3-19-32/h4-15H,2-3,16-19H2,1H3,(H,29,33)(H,30,34)(H,31,35). The normalized spacial score (nSPS) is 13.6. The topological polar surface area (TPSA) is 125 Å². The number of hydrogen-bond donors (Lipinski definition) is 3. The van der Waals surface area contributed by atoms with E-state index in [-0.39, 0.29) is 35.7 Å². The van der Waals surface area contributed by atoms with Gasteiger partial charge in [0.25, 0.3) is 17.7 Å². The zero-order chi connectivity index (χ0) is 27.1. The zero-order valence-corrected chi connectivity index (χ0v) is 21.9. The van der Waals surface area contributed by atoms with Gasteiger partial charge in [0.2, 0.25) is 10.0 Å². The van der Waals surface area contributed by atoms with Crippen molar-refractivity contribution in [1.29, 1.82) is 0 Å². The predicted octanol–water partition coefficient (Wildman–Crippen LogP) is 3.19. The fourth-order valence-electron chi connectivity index (χ4n) is 4.03. The van der Waals surface area contributed by atoms with E-state index in [0.717, 1.165) is 18.4 Å². The van der Waals surface area contributed by atoms with Crippen LogP contribution in [0, 0.1) is 6.92 Å². The van der Waals surface area contributed by atoms with Crippen LogP contribution in [0.2, 0.25) is 0 Å². The number of nitrogens with one attached hydrogen (secondary N) is 3. The summed E-state index contributed by atoms with van der Waals surface area (Å²) in [7, 11) is -3.53. The minimum Gasteiger partial charge on any atom is -0.350 e. The third kappa shape index (κ3) is 6.64. The highest BCUT2D eigenvalue weighted by molar-refractivity contribution is 7.89. The molecule has 3 aromatic carbocycles. The van der Waals surface area contributed by atoms with Crippen molar-refractivity contribution in [1.82, 2.24) is 14.9 Å². The Hall–Kier alpha value is -4.02. The quantitative estimate of drug-likeness (QED) is 0.364. The summed E-state index contributed by atoms with van der Waals surface area (Å²) in [5.74, 6) is -0.911. The summed E-state index contributed by atoms with van der Waals surface area (Å²) >= 11 is 0. The van der Waals surface area contributed by atoms with Crippen molar-refractivity contribution in [2.75, 3.05) is 31.5 Å². The highest BCUT2D eigenvalue weighted by Gasteiger charge is 2.27. The molecule has 0 unspecified atom stereocenters. The van der Waals surface area contributed by atoms with Gasteiger partial charge >= 0.3 is 0 Å². The Bertz CT molecular complexity index is 1400. The molecule has 0 bridgehead atoms. The molecular formula is C28H30N4O5S. The molecule has 1 fully saturated rings. The summed E-state index contributed by atoms with van der Waals surface area (Å²) in [6.45, 7) is 3.39. The second-order valence-electron chi connectivity index (χ2n) is 9.04. The third-order valence-electron chi connectivity index (χ3n) is 6.23. The summed E-state index contributed by atoms with van der Waals surface area (Å²) in [5.41, 5.74) is 2.93. The Kier molecular flexibility index (Phi) is 8.55. The van der Waals surface area contributed by atoms with Crippen molar-refractivity contribution in [3.63, 3.8) is 0 Å². The van der Waals surface area contributed by atoms with E-state index in [0.29, 0.717) is 35.5 Å². The first-order valence-electron chi connectivity index (χ1n) is 12.4. The zero-order valence-electron chi connectivity index (χ0n) is 21.1. The maximum absolute atomic E-state index is 12.6. The van der Waals surface area contributed by atoms with Gasteiger partial charge in [-0.3, -0.25) is 14.4 Å². The number of amides is 3. The van der Waals surface area contributed by atoms with Gasteiger partial charge in [0, 0.05) is 48.6 Å². The fraction of sp³-hybridized carbons (Fsp3) is 0.250. The van der Waals surface area contributed by atoms with Crippen LogP contribution in [0.5, 0.6) is 0 Å². The number of anilines is 1. The summed E-state index contributed by atoms with van der Waals surface area (Å²) in [6, 6.07) is 19.6. The maximum atomic E-state index is 12.6. The van der Waals surface area contributed by atoms with Crippen LogP contribution in [-0.4, -0.2) is 56.6 Å². The monoisotopic (exact) mass is 534 g/mol. The summed E-state index contributed by atoms with van der Waals surface area (Å²) in [5, 5.41) is 8.24. The number of carbonyl (C=O) groups is 3. The maximum Gasteiger partial charge on any atom is 0.255 e. The molecule has 0 aliphatic carbocycles. The lowest BCUT2D eigenvalue weighted by Crippen LogP contribution is -2.34. The Morgan fingerprint density at radius 1 is 0.684 bits per heavy atom. The molecule has 4 rings (SSSR count). The van der Waals surface area contributed by atoms with E-state index in [1.54, 1.807) is 36.4 Å². The van der Waals surface area contributed by atoms with E-state index >= 15 is 0 Å². The summed E-state index contributed by atoms with van der Waals surface area (Å²) in [4.78, 5) is 37.3. The average Bonchev–Trinajstić information content (AvgIpc) is 3.48. The molecule has 1 aliphatic heterocycles.